The fourth-order valence-corrected chi connectivity index (χ4v) is 4.02. The van der Waals surface area contributed by atoms with Crippen LogP contribution < -0.4 is 0 Å². The van der Waals surface area contributed by atoms with E-state index in [9.17, 15) is 4.79 Å². The molecule has 2 aliphatic rings. The standard InChI is InChI=1S/C15H27NO/c1-11(2)6-7-13(17)16-10-15(5)8-12(16)14(3,4)9-15/h11-12H,6-10H2,1-5H3. The van der Waals surface area contributed by atoms with Crippen LogP contribution in [0.2, 0.25) is 0 Å². The van der Waals surface area contributed by atoms with Crippen LogP contribution in [-0.2, 0) is 4.79 Å². The number of nitrogens with zero attached hydrogens (tertiary/aromatic N) is 1. The molecule has 0 spiro atoms. The quantitative estimate of drug-likeness (QED) is 0.736. The van der Waals surface area contributed by atoms with E-state index in [2.05, 4.69) is 39.5 Å². The summed E-state index contributed by atoms with van der Waals surface area (Å²) in [6.45, 7) is 12.4. The number of likely N-dealkylation sites (tertiary alicyclic amines) is 1. The molecule has 1 heterocycles. The Morgan fingerprint density at radius 2 is 2.00 bits per heavy atom. The Balaban J connectivity index is 2.02. The van der Waals surface area contributed by atoms with E-state index in [1.54, 1.807) is 0 Å². The van der Waals surface area contributed by atoms with Crippen LogP contribution in [0.15, 0.2) is 0 Å². The van der Waals surface area contributed by atoms with Gasteiger partial charge in [-0.15, -0.1) is 0 Å². The van der Waals surface area contributed by atoms with Gasteiger partial charge in [0, 0.05) is 19.0 Å². The largest absolute Gasteiger partial charge is 0.339 e. The Labute approximate surface area is 106 Å². The number of piperidine rings is 1. The van der Waals surface area contributed by atoms with Crippen LogP contribution in [0.25, 0.3) is 0 Å². The zero-order valence-electron chi connectivity index (χ0n) is 12.0. The second-order valence-corrected chi connectivity index (χ2v) is 7.65. The SMILES string of the molecule is CC(C)CCC(=O)N1CC2(C)CC1C(C)(C)C2. The maximum atomic E-state index is 12.3. The van der Waals surface area contributed by atoms with Crippen LogP contribution in [0.5, 0.6) is 0 Å². The highest BCUT2D eigenvalue weighted by atomic mass is 16.2. The molecule has 0 aromatic rings. The van der Waals surface area contributed by atoms with Crippen molar-refractivity contribution >= 4 is 5.91 Å². The molecule has 2 rings (SSSR count). The summed E-state index contributed by atoms with van der Waals surface area (Å²) in [6, 6.07) is 0.493. The Bertz CT molecular complexity index is 318. The summed E-state index contributed by atoms with van der Waals surface area (Å²) in [5, 5.41) is 0. The highest BCUT2D eigenvalue weighted by Crippen LogP contribution is 2.56. The Morgan fingerprint density at radius 1 is 1.35 bits per heavy atom. The van der Waals surface area contributed by atoms with Crippen molar-refractivity contribution in [2.24, 2.45) is 16.7 Å². The summed E-state index contributed by atoms with van der Waals surface area (Å²) in [5.41, 5.74) is 0.710. The minimum atomic E-state index is 0.320. The molecule has 2 atom stereocenters. The molecule has 0 N–H and O–H groups in total. The number of hydrogen-bond donors (Lipinski definition) is 0. The molecule has 1 saturated carbocycles. The van der Waals surface area contributed by atoms with Crippen molar-refractivity contribution in [3.63, 3.8) is 0 Å². The maximum absolute atomic E-state index is 12.3. The number of carbonyl (C=O) groups is 1. The monoisotopic (exact) mass is 237 g/mol. The van der Waals surface area contributed by atoms with E-state index in [0.717, 1.165) is 19.4 Å². The first-order chi connectivity index (χ1) is 7.73. The van der Waals surface area contributed by atoms with Crippen molar-refractivity contribution in [2.75, 3.05) is 6.54 Å². The predicted molar refractivity (Wildman–Crippen MR) is 70.7 cm³/mol. The van der Waals surface area contributed by atoms with Gasteiger partial charge in [0.25, 0.3) is 0 Å². The molecular formula is C15H27NO. The van der Waals surface area contributed by atoms with Gasteiger partial charge in [0.1, 0.15) is 0 Å². The Hall–Kier alpha value is -0.530. The second kappa shape index (κ2) is 4.00. The smallest absolute Gasteiger partial charge is 0.222 e. The first kappa shape index (κ1) is 12.9. The van der Waals surface area contributed by atoms with Gasteiger partial charge in [-0.25, -0.2) is 0 Å². The van der Waals surface area contributed by atoms with Gasteiger partial charge in [0.15, 0.2) is 0 Å². The van der Waals surface area contributed by atoms with E-state index in [1.807, 2.05) is 0 Å². The van der Waals surface area contributed by atoms with Crippen molar-refractivity contribution in [1.82, 2.24) is 4.90 Å². The first-order valence-electron chi connectivity index (χ1n) is 7.03. The van der Waals surface area contributed by atoms with Gasteiger partial charge < -0.3 is 4.90 Å². The number of fused-ring (bicyclic) bond motifs is 2. The lowest BCUT2D eigenvalue weighted by Gasteiger charge is -2.41. The van der Waals surface area contributed by atoms with Gasteiger partial charge in [-0.05, 0) is 36.0 Å². The molecule has 2 bridgehead atoms. The number of hydrogen-bond acceptors (Lipinski definition) is 1. The van der Waals surface area contributed by atoms with Gasteiger partial charge in [0.2, 0.25) is 5.91 Å². The summed E-state index contributed by atoms with van der Waals surface area (Å²) >= 11 is 0. The Kier molecular flexibility index (Phi) is 3.04. The summed E-state index contributed by atoms with van der Waals surface area (Å²) in [4.78, 5) is 14.5. The van der Waals surface area contributed by atoms with Gasteiger partial charge >= 0.3 is 0 Å². The highest BCUT2D eigenvalue weighted by Gasteiger charge is 2.56. The zero-order valence-corrected chi connectivity index (χ0v) is 12.0. The fraction of sp³-hybridized carbons (Fsp3) is 0.933. The summed E-state index contributed by atoms with van der Waals surface area (Å²) in [7, 11) is 0. The molecule has 98 valence electrons. The van der Waals surface area contributed by atoms with Crippen LogP contribution in [0.1, 0.15) is 60.3 Å². The van der Waals surface area contributed by atoms with Gasteiger partial charge in [-0.3, -0.25) is 4.79 Å². The second-order valence-electron chi connectivity index (χ2n) is 7.65. The van der Waals surface area contributed by atoms with E-state index < -0.39 is 0 Å². The van der Waals surface area contributed by atoms with Gasteiger partial charge in [-0.1, -0.05) is 34.6 Å². The number of amides is 1. The van der Waals surface area contributed by atoms with Crippen LogP contribution >= 0.6 is 0 Å². The van der Waals surface area contributed by atoms with E-state index >= 15 is 0 Å². The third kappa shape index (κ3) is 2.36. The highest BCUT2D eigenvalue weighted by molar-refractivity contribution is 5.77. The number of rotatable bonds is 3. The summed E-state index contributed by atoms with van der Waals surface area (Å²) < 4.78 is 0. The number of carbonyl (C=O) groups excluding carboxylic acids is 1. The minimum Gasteiger partial charge on any atom is -0.339 e. The third-order valence-corrected chi connectivity index (χ3v) is 4.65. The average Bonchev–Trinajstić information content (AvgIpc) is 2.62. The molecular weight excluding hydrogens is 210 g/mol. The lowest BCUT2D eigenvalue weighted by atomic mass is 9.79. The van der Waals surface area contributed by atoms with Crippen molar-refractivity contribution in [3.05, 3.63) is 0 Å². The van der Waals surface area contributed by atoms with Gasteiger partial charge in [0.05, 0.1) is 0 Å². The molecule has 2 heteroatoms. The van der Waals surface area contributed by atoms with Crippen molar-refractivity contribution in [3.8, 4) is 0 Å². The normalized spacial score (nSPS) is 34.7. The average molecular weight is 237 g/mol. The van der Waals surface area contributed by atoms with Crippen LogP contribution in [-0.4, -0.2) is 23.4 Å². The first-order valence-corrected chi connectivity index (χ1v) is 7.03. The Morgan fingerprint density at radius 3 is 2.47 bits per heavy atom. The van der Waals surface area contributed by atoms with E-state index in [-0.39, 0.29) is 0 Å². The molecule has 17 heavy (non-hydrogen) atoms. The maximum Gasteiger partial charge on any atom is 0.222 e. The molecule has 2 unspecified atom stereocenters. The molecule has 1 aliphatic heterocycles. The van der Waals surface area contributed by atoms with Crippen molar-refractivity contribution in [2.45, 2.75) is 66.3 Å². The van der Waals surface area contributed by atoms with E-state index in [1.165, 1.54) is 12.8 Å². The topological polar surface area (TPSA) is 20.3 Å². The molecule has 0 aromatic heterocycles. The van der Waals surface area contributed by atoms with Crippen LogP contribution in [0.4, 0.5) is 0 Å². The molecule has 1 amide bonds. The zero-order chi connectivity index (χ0) is 12.8. The molecule has 2 fully saturated rings. The molecule has 2 nitrogen and oxygen atoms in total. The van der Waals surface area contributed by atoms with Gasteiger partial charge in [-0.2, -0.15) is 0 Å². The fourth-order valence-electron chi connectivity index (χ4n) is 4.02. The van der Waals surface area contributed by atoms with E-state index in [4.69, 9.17) is 0 Å². The van der Waals surface area contributed by atoms with Crippen LogP contribution in [0, 0.1) is 16.7 Å². The van der Waals surface area contributed by atoms with Crippen LogP contribution in [0.3, 0.4) is 0 Å². The molecule has 1 aliphatic carbocycles. The predicted octanol–water partition coefficient (Wildman–Crippen LogP) is 3.46. The lowest BCUT2D eigenvalue weighted by molar-refractivity contribution is -0.136. The third-order valence-electron chi connectivity index (χ3n) is 4.65. The van der Waals surface area contributed by atoms with Crippen molar-refractivity contribution in [1.29, 1.82) is 0 Å². The summed E-state index contributed by atoms with van der Waals surface area (Å²) in [5.74, 6) is 1.02. The lowest BCUT2D eigenvalue weighted by Crippen LogP contribution is -2.47. The summed E-state index contributed by atoms with van der Waals surface area (Å²) in [6.07, 6.45) is 4.26. The van der Waals surface area contributed by atoms with Crippen molar-refractivity contribution < 1.29 is 4.79 Å². The minimum absolute atomic E-state index is 0.320. The molecule has 0 radical (unpaired) electrons. The molecule has 1 saturated heterocycles. The van der Waals surface area contributed by atoms with E-state index in [0.29, 0.717) is 28.7 Å². The molecule has 0 aromatic carbocycles.